The molecule has 0 saturated carbocycles. The van der Waals surface area contributed by atoms with E-state index in [0.717, 1.165) is 65.3 Å². The van der Waals surface area contributed by atoms with Crippen LogP contribution in [-0.4, -0.2) is 44.2 Å². The molecule has 1 amide bonds. The maximum atomic E-state index is 15.3. The molecule has 2 heterocycles. The van der Waals surface area contributed by atoms with Gasteiger partial charge in [0, 0.05) is 35.6 Å². The molecule has 6 rings (SSSR count). The Morgan fingerprint density at radius 3 is 2.64 bits per heavy atom. The number of hydrogen-bond acceptors (Lipinski definition) is 5. The number of nitrogens with one attached hydrogen (secondary N) is 1. The predicted molar refractivity (Wildman–Crippen MR) is 168 cm³/mol. The highest BCUT2D eigenvalue weighted by molar-refractivity contribution is 5.97. The number of nitriles is 1. The number of nitrogens with zero attached hydrogens (tertiary/aromatic N) is 3. The van der Waals surface area contributed by atoms with Gasteiger partial charge in [0.15, 0.2) is 0 Å². The quantitative estimate of drug-likeness (QED) is 0.348. The number of carbonyl (C=O) groups is 1. The topological polar surface area (TPSA) is 77.7 Å². The second-order valence-electron chi connectivity index (χ2n) is 11.9. The second kappa shape index (κ2) is 13.1. The lowest BCUT2D eigenvalue weighted by Gasteiger charge is -2.39. The van der Waals surface area contributed by atoms with E-state index in [9.17, 15) is 10.1 Å². The zero-order valence-corrected chi connectivity index (χ0v) is 25.2. The van der Waals surface area contributed by atoms with Crippen LogP contribution in [0.25, 0.3) is 5.57 Å². The molecule has 0 radical (unpaired) electrons. The molecule has 0 bridgehead atoms. The lowest BCUT2D eigenvalue weighted by Crippen LogP contribution is -2.38. The molecule has 44 heavy (non-hydrogen) atoms. The van der Waals surface area contributed by atoms with Crippen molar-refractivity contribution >= 4 is 11.5 Å². The van der Waals surface area contributed by atoms with Crippen molar-refractivity contribution in [2.75, 3.05) is 33.4 Å². The van der Waals surface area contributed by atoms with Crippen molar-refractivity contribution in [3.05, 3.63) is 129 Å². The van der Waals surface area contributed by atoms with Crippen LogP contribution in [0, 0.1) is 29.0 Å². The van der Waals surface area contributed by atoms with Crippen LogP contribution in [0.2, 0.25) is 0 Å². The molecule has 1 saturated heterocycles. The van der Waals surface area contributed by atoms with E-state index in [1.807, 2.05) is 42.5 Å². The number of benzene rings is 3. The molecule has 2 aliphatic heterocycles. The zero-order valence-electron chi connectivity index (χ0n) is 25.2. The van der Waals surface area contributed by atoms with Crippen LogP contribution < -0.4 is 15.9 Å². The van der Waals surface area contributed by atoms with Gasteiger partial charge in [-0.05, 0) is 86.5 Å². The van der Waals surface area contributed by atoms with Gasteiger partial charge in [0.05, 0.1) is 35.3 Å². The maximum absolute atomic E-state index is 15.3. The number of piperidine rings is 1. The molecule has 1 aliphatic carbocycles. The maximum Gasteiger partial charge on any atom is 0.252 e. The molecule has 7 heteroatoms. The number of carbonyl (C=O) groups excluding carboxylic acids is 1. The van der Waals surface area contributed by atoms with Gasteiger partial charge >= 0.3 is 0 Å². The van der Waals surface area contributed by atoms with E-state index in [2.05, 4.69) is 41.4 Å². The zero-order chi connectivity index (χ0) is 30.6. The summed E-state index contributed by atoms with van der Waals surface area (Å²) in [5.74, 6) is 0.354. The summed E-state index contributed by atoms with van der Waals surface area (Å²) in [6, 6.07) is 22.5. The van der Waals surface area contributed by atoms with Gasteiger partial charge in [-0.25, -0.2) is 9.38 Å². The first-order valence-corrected chi connectivity index (χ1v) is 15.4. The average Bonchev–Trinajstić information content (AvgIpc) is 3.42. The molecule has 1 N–H and O–H groups in total. The van der Waals surface area contributed by atoms with Crippen LogP contribution in [0.4, 0.5) is 4.39 Å². The number of methoxy groups -OCH3 is 1. The van der Waals surface area contributed by atoms with Crippen LogP contribution in [0.3, 0.4) is 0 Å². The van der Waals surface area contributed by atoms with Crippen molar-refractivity contribution in [3.8, 4) is 6.07 Å². The summed E-state index contributed by atoms with van der Waals surface area (Å²) in [6.07, 6.45) is 7.66. The van der Waals surface area contributed by atoms with E-state index in [1.165, 1.54) is 6.07 Å². The number of fused-ring (bicyclic) bond motifs is 2. The highest BCUT2D eigenvalue weighted by atomic mass is 19.1. The Morgan fingerprint density at radius 2 is 1.91 bits per heavy atom. The molecular formula is C37H37FN4O2. The van der Waals surface area contributed by atoms with Crippen molar-refractivity contribution in [2.45, 2.75) is 32.2 Å². The van der Waals surface area contributed by atoms with Gasteiger partial charge in [-0.15, -0.1) is 0 Å². The first kappa shape index (κ1) is 29.7. The molecule has 1 fully saturated rings. The fourth-order valence-electron chi connectivity index (χ4n) is 6.94. The van der Waals surface area contributed by atoms with Gasteiger partial charge in [0.2, 0.25) is 0 Å². The van der Waals surface area contributed by atoms with Gasteiger partial charge in [-0.2, -0.15) is 5.26 Å². The number of halogens is 1. The Kier molecular flexibility index (Phi) is 8.83. The average molecular weight is 589 g/mol. The Labute approximate surface area is 257 Å². The third-order valence-electron chi connectivity index (χ3n) is 9.02. The summed E-state index contributed by atoms with van der Waals surface area (Å²) in [4.78, 5) is 20.3. The van der Waals surface area contributed by atoms with E-state index in [-0.39, 0.29) is 23.7 Å². The van der Waals surface area contributed by atoms with Crippen LogP contribution in [0.1, 0.15) is 59.3 Å². The molecule has 224 valence electrons. The molecule has 0 spiro atoms. The first-order chi connectivity index (χ1) is 21.5. The van der Waals surface area contributed by atoms with E-state index < -0.39 is 0 Å². The van der Waals surface area contributed by atoms with Crippen LogP contribution in [0.5, 0.6) is 0 Å². The highest BCUT2D eigenvalue weighted by Gasteiger charge is 2.31. The minimum atomic E-state index is -0.335. The van der Waals surface area contributed by atoms with E-state index in [0.29, 0.717) is 35.8 Å². The third kappa shape index (κ3) is 6.01. The molecule has 2 atom stereocenters. The van der Waals surface area contributed by atoms with E-state index in [4.69, 9.17) is 9.73 Å². The van der Waals surface area contributed by atoms with Gasteiger partial charge in [-0.3, -0.25) is 9.69 Å². The lowest BCUT2D eigenvalue weighted by molar-refractivity contribution is 0.0936. The fourth-order valence-corrected chi connectivity index (χ4v) is 6.94. The summed E-state index contributed by atoms with van der Waals surface area (Å²) in [6.45, 7) is 4.78. The number of likely N-dealkylation sites (tertiary alicyclic amines) is 1. The molecular weight excluding hydrogens is 551 g/mol. The Hall–Kier alpha value is -4.38. The molecule has 3 aliphatic rings. The van der Waals surface area contributed by atoms with Crippen molar-refractivity contribution in [1.29, 1.82) is 5.26 Å². The summed E-state index contributed by atoms with van der Waals surface area (Å²) in [5, 5.41) is 13.9. The Morgan fingerprint density at radius 1 is 1.11 bits per heavy atom. The van der Waals surface area contributed by atoms with Crippen LogP contribution in [-0.2, 0) is 4.74 Å². The summed E-state index contributed by atoms with van der Waals surface area (Å²) < 4.78 is 20.3. The van der Waals surface area contributed by atoms with Crippen molar-refractivity contribution in [1.82, 2.24) is 10.2 Å². The number of rotatable bonds is 9. The number of hydrogen-bond donors (Lipinski definition) is 1. The first-order valence-electron chi connectivity index (χ1n) is 15.4. The SMILES string of the molecule is COCCNC(=O)c1cccc2c1=C1C(C)=CC(CC3CCN(C(c4ccccc4)c4ccc(C#N)cc4F)CC3)C=C1N=2. The van der Waals surface area contributed by atoms with Crippen LogP contribution in [0.15, 0.2) is 95.1 Å². The minimum absolute atomic E-state index is 0.112. The molecule has 3 aromatic carbocycles. The monoisotopic (exact) mass is 588 g/mol. The van der Waals surface area contributed by atoms with E-state index >= 15 is 4.39 Å². The fraction of sp³-hybridized carbons (Fsp3) is 0.324. The van der Waals surface area contributed by atoms with Crippen LogP contribution >= 0.6 is 0 Å². The molecule has 6 nitrogen and oxygen atoms in total. The van der Waals surface area contributed by atoms with Crippen molar-refractivity contribution in [2.24, 2.45) is 16.8 Å². The second-order valence-corrected chi connectivity index (χ2v) is 11.9. The summed E-state index contributed by atoms with van der Waals surface area (Å²) in [5.41, 5.74) is 5.82. The smallest absolute Gasteiger partial charge is 0.252 e. The largest absolute Gasteiger partial charge is 0.383 e. The lowest BCUT2D eigenvalue weighted by atomic mass is 9.81. The molecule has 0 aromatic heterocycles. The highest BCUT2D eigenvalue weighted by Crippen LogP contribution is 2.38. The van der Waals surface area contributed by atoms with E-state index in [1.54, 1.807) is 19.2 Å². The number of amides is 1. The van der Waals surface area contributed by atoms with Gasteiger partial charge in [0.1, 0.15) is 5.82 Å². The molecule has 3 aromatic rings. The Balaban J connectivity index is 1.17. The third-order valence-corrected chi connectivity index (χ3v) is 9.02. The van der Waals surface area contributed by atoms with Crippen molar-refractivity contribution in [3.63, 3.8) is 0 Å². The minimum Gasteiger partial charge on any atom is -0.383 e. The number of allylic oxidation sites excluding steroid dienone is 3. The molecule has 2 unspecified atom stereocenters. The van der Waals surface area contributed by atoms with Gasteiger partial charge in [-0.1, -0.05) is 54.6 Å². The predicted octanol–water partition coefficient (Wildman–Crippen LogP) is 5.21. The van der Waals surface area contributed by atoms with Gasteiger partial charge in [0.25, 0.3) is 5.91 Å². The van der Waals surface area contributed by atoms with Crippen molar-refractivity contribution < 1.29 is 13.9 Å². The normalized spacial score (nSPS) is 18.8. The van der Waals surface area contributed by atoms with Gasteiger partial charge < -0.3 is 10.1 Å². The number of ether oxygens (including phenoxy) is 1. The summed E-state index contributed by atoms with van der Waals surface area (Å²) >= 11 is 0. The summed E-state index contributed by atoms with van der Waals surface area (Å²) in [7, 11) is 1.62. The standard InChI is InChI=1S/C37H37FN4O2/c1-24-19-27(22-33-34(24)35-30(9-6-10-32(35)41-33)37(43)40-15-18-44-2)20-25-13-16-42(17-14-25)36(28-7-4-3-5-8-28)29-12-11-26(23-39)21-31(29)38/h3-12,19,21-22,25,27,36H,13-18,20H2,1-2H3,(H,40,43). The Bertz CT molecular complexity index is 1780.